The van der Waals surface area contributed by atoms with Crippen molar-refractivity contribution in [1.82, 2.24) is 4.31 Å². The first-order valence-electron chi connectivity index (χ1n) is 9.75. The molecule has 6 heteroatoms. The number of hydrogen-bond donors (Lipinski definition) is 1. The summed E-state index contributed by atoms with van der Waals surface area (Å²) in [5, 5.41) is 4.81. The van der Waals surface area contributed by atoms with Crippen molar-refractivity contribution in [2.24, 2.45) is 0 Å². The minimum atomic E-state index is -3.76. The average molecular weight is 409 g/mol. The van der Waals surface area contributed by atoms with E-state index in [0.29, 0.717) is 19.4 Å². The second-order valence-electron chi connectivity index (χ2n) is 7.54. The molecule has 0 radical (unpaired) electrons. The quantitative estimate of drug-likeness (QED) is 0.702. The zero-order valence-electron chi connectivity index (χ0n) is 16.6. The minimum absolute atomic E-state index is 0.225. The van der Waals surface area contributed by atoms with Crippen LogP contribution >= 0.6 is 0 Å². The van der Waals surface area contributed by atoms with E-state index in [-0.39, 0.29) is 10.8 Å². The number of para-hydroxylation sites is 1. The van der Waals surface area contributed by atoms with Gasteiger partial charge < -0.3 is 5.32 Å². The Balaban J connectivity index is 1.63. The highest BCUT2D eigenvalue weighted by atomic mass is 32.2. The number of nitrogens with one attached hydrogen (secondary N) is 1. The van der Waals surface area contributed by atoms with Crippen molar-refractivity contribution in [3.05, 3.63) is 71.8 Å². The number of rotatable bonds is 4. The fourth-order valence-corrected chi connectivity index (χ4v) is 5.66. The molecule has 5 nitrogen and oxygen atoms in total. The van der Waals surface area contributed by atoms with Crippen LogP contribution in [-0.2, 0) is 14.8 Å². The molecule has 1 saturated heterocycles. The number of sulfonamides is 1. The molecule has 1 fully saturated rings. The third kappa shape index (κ3) is 3.66. The Labute approximate surface area is 171 Å². The number of amides is 1. The van der Waals surface area contributed by atoms with E-state index in [1.165, 1.54) is 4.31 Å². The molecule has 150 valence electrons. The van der Waals surface area contributed by atoms with Crippen LogP contribution in [-0.4, -0.2) is 31.2 Å². The first-order chi connectivity index (χ1) is 13.9. The van der Waals surface area contributed by atoms with Crippen LogP contribution < -0.4 is 5.32 Å². The zero-order chi connectivity index (χ0) is 20.6. The summed E-state index contributed by atoms with van der Waals surface area (Å²) in [5.41, 5.74) is 2.67. The van der Waals surface area contributed by atoms with Gasteiger partial charge in [0.05, 0.1) is 4.90 Å². The summed E-state index contributed by atoms with van der Waals surface area (Å²) in [7, 11) is -3.76. The summed E-state index contributed by atoms with van der Waals surface area (Å²) in [6.07, 6.45) is 1.18. The standard InChI is InChI=1S/C23H24N2O3S/c1-16-7-5-8-17(2)22(16)24-23(26)21-11-6-14-25(21)29(27,28)20-13-12-18-9-3-4-10-19(18)15-20/h3-5,7-10,12-13,15,21H,6,11,14H2,1-2H3,(H,24,26)/t21-/m1/s1. The zero-order valence-corrected chi connectivity index (χ0v) is 17.4. The van der Waals surface area contributed by atoms with E-state index < -0.39 is 16.1 Å². The van der Waals surface area contributed by atoms with Gasteiger partial charge in [0.1, 0.15) is 6.04 Å². The molecule has 1 aliphatic heterocycles. The molecule has 1 N–H and O–H groups in total. The van der Waals surface area contributed by atoms with Gasteiger partial charge >= 0.3 is 0 Å². The molecular weight excluding hydrogens is 384 g/mol. The lowest BCUT2D eigenvalue weighted by molar-refractivity contribution is -0.119. The van der Waals surface area contributed by atoms with Crippen LogP contribution in [0.3, 0.4) is 0 Å². The van der Waals surface area contributed by atoms with Crippen molar-refractivity contribution in [1.29, 1.82) is 0 Å². The van der Waals surface area contributed by atoms with Gasteiger partial charge in [-0.1, -0.05) is 48.5 Å². The van der Waals surface area contributed by atoms with Crippen LogP contribution in [0.2, 0.25) is 0 Å². The predicted octanol–water partition coefficient (Wildman–Crippen LogP) is 4.25. The van der Waals surface area contributed by atoms with Crippen molar-refractivity contribution >= 4 is 32.4 Å². The summed E-state index contributed by atoms with van der Waals surface area (Å²) in [6, 6.07) is 17.9. The van der Waals surface area contributed by atoms with Crippen LogP contribution in [0.4, 0.5) is 5.69 Å². The first kappa shape index (κ1) is 19.6. The summed E-state index contributed by atoms with van der Waals surface area (Å²) >= 11 is 0. The van der Waals surface area contributed by atoms with Crippen molar-refractivity contribution < 1.29 is 13.2 Å². The van der Waals surface area contributed by atoms with Gasteiger partial charge in [-0.15, -0.1) is 0 Å². The van der Waals surface area contributed by atoms with E-state index in [2.05, 4.69) is 5.32 Å². The van der Waals surface area contributed by atoms with Gasteiger partial charge in [-0.2, -0.15) is 4.31 Å². The van der Waals surface area contributed by atoms with Crippen molar-refractivity contribution in [2.75, 3.05) is 11.9 Å². The molecule has 1 atom stereocenters. The highest BCUT2D eigenvalue weighted by Crippen LogP contribution is 2.29. The Morgan fingerprint density at radius 2 is 1.66 bits per heavy atom. The van der Waals surface area contributed by atoms with Crippen LogP contribution in [0.5, 0.6) is 0 Å². The molecule has 0 bridgehead atoms. The molecule has 1 heterocycles. The number of hydrogen-bond acceptors (Lipinski definition) is 3. The second-order valence-corrected chi connectivity index (χ2v) is 9.43. The van der Waals surface area contributed by atoms with Gasteiger partial charge in [-0.3, -0.25) is 4.79 Å². The third-order valence-corrected chi connectivity index (χ3v) is 7.47. The van der Waals surface area contributed by atoms with Gasteiger partial charge in [-0.05, 0) is 60.7 Å². The van der Waals surface area contributed by atoms with E-state index in [1.807, 2.05) is 62.4 Å². The normalized spacial score (nSPS) is 17.5. The molecule has 3 aromatic rings. The van der Waals surface area contributed by atoms with Crippen LogP contribution in [0, 0.1) is 13.8 Å². The molecule has 3 aromatic carbocycles. The van der Waals surface area contributed by atoms with Gasteiger partial charge in [0.15, 0.2) is 0 Å². The number of fused-ring (bicyclic) bond motifs is 1. The van der Waals surface area contributed by atoms with Crippen LogP contribution in [0.25, 0.3) is 10.8 Å². The number of aryl methyl sites for hydroxylation is 2. The number of nitrogens with zero attached hydrogens (tertiary/aromatic N) is 1. The molecule has 0 aromatic heterocycles. The van der Waals surface area contributed by atoms with Crippen molar-refractivity contribution in [3.8, 4) is 0 Å². The Morgan fingerprint density at radius 1 is 0.966 bits per heavy atom. The largest absolute Gasteiger partial charge is 0.324 e. The van der Waals surface area contributed by atoms with Gasteiger partial charge in [0, 0.05) is 12.2 Å². The summed E-state index contributed by atoms with van der Waals surface area (Å²) in [4.78, 5) is 13.2. The molecule has 1 aliphatic rings. The lowest BCUT2D eigenvalue weighted by Crippen LogP contribution is -2.43. The summed E-state index contributed by atoms with van der Waals surface area (Å²) in [5.74, 6) is -0.274. The van der Waals surface area contributed by atoms with Crippen LogP contribution in [0.15, 0.2) is 65.6 Å². The maximum Gasteiger partial charge on any atom is 0.243 e. The number of carbonyl (C=O) groups is 1. The number of benzene rings is 3. The van der Waals surface area contributed by atoms with E-state index in [0.717, 1.165) is 27.6 Å². The maximum absolute atomic E-state index is 13.3. The second kappa shape index (κ2) is 7.61. The van der Waals surface area contributed by atoms with Crippen LogP contribution in [0.1, 0.15) is 24.0 Å². The molecule has 4 rings (SSSR count). The number of carbonyl (C=O) groups excluding carboxylic acids is 1. The third-order valence-electron chi connectivity index (χ3n) is 5.56. The van der Waals surface area contributed by atoms with Crippen molar-refractivity contribution in [3.63, 3.8) is 0 Å². The Bertz CT molecular complexity index is 1170. The number of anilines is 1. The predicted molar refractivity (Wildman–Crippen MR) is 115 cm³/mol. The lowest BCUT2D eigenvalue weighted by Gasteiger charge is -2.24. The SMILES string of the molecule is Cc1cccc(C)c1NC(=O)[C@H]1CCCN1S(=O)(=O)c1ccc2ccccc2c1. The van der Waals surface area contributed by atoms with E-state index in [9.17, 15) is 13.2 Å². The average Bonchev–Trinajstić information content (AvgIpc) is 3.21. The maximum atomic E-state index is 13.3. The van der Waals surface area contributed by atoms with E-state index in [1.54, 1.807) is 12.1 Å². The van der Waals surface area contributed by atoms with Gasteiger partial charge in [0.25, 0.3) is 0 Å². The molecule has 0 saturated carbocycles. The molecule has 29 heavy (non-hydrogen) atoms. The fraction of sp³-hybridized carbons (Fsp3) is 0.261. The topological polar surface area (TPSA) is 66.5 Å². The Kier molecular flexibility index (Phi) is 5.15. The molecule has 0 spiro atoms. The lowest BCUT2D eigenvalue weighted by atomic mass is 10.1. The van der Waals surface area contributed by atoms with Gasteiger partial charge in [-0.25, -0.2) is 8.42 Å². The van der Waals surface area contributed by atoms with Gasteiger partial charge in [0.2, 0.25) is 15.9 Å². The van der Waals surface area contributed by atoms with Crippen molar-refractivity contribution in [2.45, 2.75) is 37.6 Å². The minimum Gasteiger partial charge on any atom is -0.324 e. The highest BCUT2D eigenvalue weighted by molar-refractivity contribution is 7.89. The highest BCUT2D eigenvalue weighted by Gasteiger charge is 2.39. The smallest absolute Gasteiger partial charge is 0.243 e. The Morgan fingerprint density at radius 3 is 2.38 bits per heavy atom. The molecule has 0 unspecified atom stereocenters. The first-order valence-corrected chi connectivity index (χ1v) is 11.2. The Hall–Kier alpha value is -2.70. The molecular formula is C23H24N2O3S. The molecule has 0 aliphatic carbocycles. The summed E-state index contributed by atoms with van der Waals surface area (Å²) < 4.78 is 28.0. The summed E-state index contributed by atoms with van der Waals surface area (Å²) in [6.45, 7) is 4.21. The molecule has 1 amide bonds. The monoisotopic (exact) mass is 408 g/mol. The van der Waals surface area contributed by atoms with E-state index >= 15 is 0 Å². The van der Waals surface area contributed by atoms with E-state index in [4.69, 9.17) is 0 Å². The fourth-order valence-electron chi connectivity index (χ4n) is 3.97.